The largest absolute Gasteiger partial charge is 0.335 e. The summed E-state index contributed by atoms with van der Waals surface area (Å²) in [6.45, 7) is 2.61. The molecule has 0 spiro atoms. The highest BCUT2D eigenvalue weighted by Crippen LogP contribution is 2.06. The van der Waals surface area contributed by atoms with E-state index >= 15 is 0 Å². The lowest BCUT2D eigenvalue weighted by molar-refractivity contribution is -0.129. The molecule has 0 aromatic rings. The van der Waals surface area contributed by atoms with E-state index in [4.69, 9.17) is 6.42 Å². The highest BCUT2D eigenvalue weighted by molar-refractivity contribution is 5.76. The summed E-state index contributed by atoms with van der Waals surface area (Å²) in [6, 6.07) is 0. The van der Waals surface area contributed by atoms with E-state index in [1.165, 1.54) is 19.3 Å². The number of nitrogens with zero attached hydrogens (tertiary/aromatic N) is 1. The molecule has 0 fully saturated rings. The first kappa shape index (κ1) is 13.0. The van der Waals surface area contributed by atoms with Gasteiger partial charge in [0, 0.05) is 13.5 Å². The summed E-state index contributed by atoms with van der Waals surface area (Å²) in [5, 5.41) is 0. The molecule has 80 valence electrons. The van der Waals surface area contributed by atoms with Gasteiger partial charge in [-0.2, -0.15) is 0 Å². The van der Waals surface area contributed by atoms with Crippen molar-refractivity contribution < 1.29 is 4.79 Å². The summed E-state index contributed by atoms with van der Waals surface area (Å²) in [4.78, 5) is 13.0. The fourth-order valence-electron chi connectivity index (χ4n) is 1.30. The van der Waals surface area contributed by atoms with E-state index in [2.05, 4.69) is 12.8 Å². The van der Waals surface area contributed by atoms with Crippen LogP contribution in [0.2, 0.25) is 0 Å². The van der Waals surface area contributed by atoms with Gasteiger partial charge in [0.25, 0.3) is 0 Å². The molecule has 2 heteroatoms. The van der Waals surface area contributed by atoms with E-state index in [-0.39, 0.29) is 5.91 Å². The van der Waals surface area contributed by atoms with Gasteiger partial charge in [0.1, 0.15) is 0 Å². The first-order valence-corrected chi connectivity index (χ1v) is 5.39. The van der Waals surface area contributed by atoms with Crippen molar-refractivity contribution in [1.82, 2.24) is 4.90 Å². The topological polar surface area (TPSA) is 20.3 Å². The van der Waals surface area contributed by atoms with Crippen molar-refractivity contribution in [3.63, 3.8) is 0 Å². The molecule has 0 aliphatic carbocycles. The summed E-state index contributed by atoms with van der Waals surface area (Å²) in [5.41, 5.74) is 0. The Morgan fingerprint density at radius 3 is 2.50 bits per heavy atom. The van der Waals surface area contributed by atoms with Crippen molar-refractivity contribution >= 4 is 5.91 Å². The van der Waals surface area contributed by atoms with Crippen LogP contribution in [-0.4, -0.2) is 24.4 Å². The monoisotopic (exact) mass is 195 g/mol. The quantitative estimate of drug-likeness (QED) is 0.451. The second kappa shape index (κ2) is 8.62. The number of unbranched alkanes of at least 4 members (excludes halogenated alkanes) is 4. The molecule has 0 saturated heterocycles. The number of amides is 1. The second-order valence-corrected chi connectivity index (χ2v) is 3.62. The Hall–Kier alpha value is -0.970. The summed E-state index contributed by atoms with van der Waals surface area (Å²) in [5.74, 6) is 2.63. The van der Waals surface area contributed by atoms with Crippen LogP contribution < -0.4 is 0 Å². The molecule has 0 N–H and O–H groups in total. The van der Waals surface area contributed by atoms with E-state index < -0.39 is 0 Å². The zero-order chi connectivity index (χ0) is 10.8. The third-order valence-corrected chi connectivity index (χ3v) is 2.25. The van der Waals surface area contributed by atoms with E-state index in [0.29, 0.717) is 13.0 Å². The Kier molecular flexibility index (Phi) is 8.02. The summed E-state index contributed by atoms with van der Waals surface area (Å²) < 4.78 is 0. The van der Waals surface area contributed by atoms with Crippen LogP contribution in [0.4, 0.5) is 0 Å². The van der Waals surface area contributed by atoms with Gasteiger partial charge in [-0.05, 0) is 6.42 Å². The molecular formula is C12H21NO. The normalized spacial score (nSPS) is 9.50. The number of carbonyl (C=O) groups excluding carboxylic acids is 1. The van der Waals surface area contributed by atoms with Crippen molar-refractivity contribution in [2.75, 3.05) is 13.6 Å². The van der Waals surface area contributed by atoms with Crippen LogP contribution in [0, 0.1) is 12.3 Å². The molecule has 0 rings (SSSR count). The van der Waals surface area contributed by atoms with Crippen LogP contribution >= 0.6 is 0 Å². The van der Waals surface area contributed by atoms with Crippen molar-refractivity contribution in [1.29, 1.82) is 0 Å². The molecule has 0 aliphatic rings. The van der Waals surface area contributed by atoms with Gasteiger partial charge < -0.3 is 4.90 Å². The number of terminal acetylenes is 1. The predicted molar refractivity (Wildman–Crippen MR) is 59.8 cm³/mol. The summed E-state index contributed by atoms with van der Waals surface area (Å²) >= 11 is 0. The molecular weight excluding hydrogens is 174 g/mol. The minimum atomic E-state index is 0.166. The number of carbonyl (C=O) groups is 1. The zero-order valence-corrected chi connectivity index (χ0v) is 9.38. The molecule has 0 radical (unpaired) electrons. The molecule has 0 unspecified atom stereocenters. The van der Waals surface area contributed by atoms with Gasteiger partial charge in [-0.1, -0.05) is 38.5 Å². The van der Waals surface area contributed by atoms with Gasteiger partial charge in [0.15, 0.2) is 0 Å². The fraction of sp³-hybridized carbons (Fsp3) is 0.750. The Morgan fingerprint density at radius 2 is 1.93 bits per heavy atom. The van der Waals surface area contributed by atoms with E-state index in [1.807, 2.05) is 0 Å². The molecule has 1 amide bonds. The third-order valence-electron chi connectivity index (χ3n) is 2.25. The Balaban J connectivity index is 3.40. The van der Waals surface area contributed by atoms with Crippen LogP contribution in [0.5, 0.6) is 0 Å². The van der Waals surface area contributed by atoms with Crippen molar-refractivity contribution in [2.45, 2.75) is 45.4 Å². The molecule has 0 atom stereocenters. The minimum absolute atomic E-state index is 0.166. The highest BCUT2D eigenvalue weighted by atomic mass is 16.2. The number of hydrogen-bond acceptors (Lipinski definition) is 1. The first-order valence-electron chi connectivity index (χ1n) is 5.39. The number of rotatable bonds is 7. The first-order chi connectivity index (χ1) is 6.72. The summed E-state index contributed by atoms with van der Waals surface area (Å²) in [6.07, 6.45) is 11.7. The minimum Gasteiger partial charge on any atom is -0.335 e. The Morgan fingerprint density at radius 1 is 1.29 bits per heavy atom. The molecule has 0 aromatic heterocycles. The van der Waals surface area contributed by atoms with Gasteiger partial charge in [-0.25, -0.2) is 0 Å². The molecule has 2 nitrogen and oxygen atoms in total. The lowest BCUT2D eigenvalue weighted by Crippen LogP contribution is -2.26. The maximum atomic E-state index is 11.4. The van der Waals surface area contributed by atoms with Crippen LogP contribution in [0.25, 0.3) is 0 Å². The SMILES string of the molecule is C#CCN(C)C(=O)CCCCCCC. The fourth-order valence-corrected chi connectivity index (χ4v) is 1.30. The van der Waals surface area contributed by atoms with Gasteiger partial charge >= 0.3 is 0 Å². The molecule has 0 aromatic carbocycles. The Bertz CT molecular complexity index is 193. The van der Waals surface area contributed by atoms with Crippen LogP contribution in [0.1, 0.15) is 45.4 Å². The maximum absolute atomic E-state index is 11.4. The highest BCUT2D eigenvalue weighted by Gasteiger charge is 2.05. The van der Waals surface area contributed by atoms with E-state index in [0.717, 1.165) is 12.8 Å². The molecule has 14 heavy (non-hydrogen) atoms. The smallest absolute Gasteiger partial charge is 0.223 e. The lowest BCUT2D eigenvalue weighted by Gasteiger charge is -2.13. The third kappa shape index (κ3) is 6.54. The van der Waals surface area contributed by atoms with E-state index in [1.54, 1.807) is 11.9 Å². The van der Waals surface area contributed by atoms with Gasteiger partial charge in [0.05, 0.1) is 6.54 Å². The molecule has 0 bridgehead atoms. The van der Waals surface area contributed by atoms with E-state index in [9.17, 15) is 4.79 Å². The van der Waals surface area contributed by atoms with Crippen LogP contribution in [0.3, 0.4) is 0 Å². The van der Waals surface area contributed by atoms with Crippen molar-refractivity contribution in [2.24, 2.45) is 0 Å². The standard InChI is InChI=1S/C12H21NO/c1-4-6-7-8-9-10-12(14)13(3)11-5-2/h2H,4,6-11H2,1,3H3. The predicted octanol–water partition coefficient (Wildman–Crippen LogP) is 2.44. The van der Waals surface area contributed by atoms with Crippen molar-refractivity contribution in [3.8, 4) is 12.3 Å². The molecule has 0 aliphatic heterocycles. The second-order valence-electron chi connectivity index (χ2n) is 3.62. The van der Waals surface area contributed by atoms with Crippen LogP contribution in [-0.2, 0) is 4.79 Å². The van der Waals surface area contributed by atoms with Crippen molar-refractivity contribution in [3.05, 3.63) is 0 Å². The average molecular weight is 195 g/mol. The lowest BCUT2D eigenvalue weighted by atomic mass is 10.1. The zero-order valence-electron chi connectivity index (χ0n) is 9.38. The summed E-state index contributed by atoms with van der Waals surface area (Å²) in [7, 11) is 1.76. The maximum Gasteiger partial charge on any atom is 0.223 e. The molecule has 0 heterocycles. The average Bonchev–Trinajstić information content (AvgIpc) is 2.17. The van der Waals surface area contributed by atoms with Gasteiger partial charge in [0.2, 0.25) is 5.91 Å². The van der Waals surface area contributed by atoms with Crippen LogP contribution in [0.15, 0.2) is 0 Å². The van der Waals surface area contributed by atoms with Gasteiger partial charge in [-0.3, -0.25) is 4.79 Å². The number of hydrogen-bond donors (Lipinski definition) is 0. The molecule has 0 saturated carbocycles. The Labute approximate surface area is 87.7 Å². The van der Waals surface area contributed by atoms with Gasteiger partial charge in [-0.15, -0.1) is 6.42 Å².